The highest BCUT2D eigenvalue weighted by atomic mass is 16.5. The maximum Gasteiger partial charge on any atom is 0.294 e. The number of aromatic amines is 1. The van der Waals surface area contributed by atoms with Gasteiger partial charge in [-0.2, -0.15) is 0 Å². The molecule has 5 rings (SSSR count). The highest BCUT2D eigenvalue weighted by Gasteiger charge is 2.15. The van der Waals surface area contributed by atoms with E-state index in [2.05, 4.69) is 25.6 Å². The molecule has 3 N–H and O–H groups in total. The molecule has 0 unspecified atom stereocenters. The number of aromatic nitrogens is 4. The van der Waals surface area contributed by atoms with Gasteiger partial charge in [0.05, 0.1) is 25.5 Å². The SMILES string of the molecule is COc1cccc(CCNc2ncc(-c3ccccc3)n(CC(=O)NCc3cc4cnccc4[nH]3)c2=O)c1. The van der Waals surface area contributed by atoms with Gasteiger partial charge in [0, 0.05) is 35.5 Å². The Labute approximate surface area is 219 Å². The lowest BCUT2D eigenvalue weighted by Crippen LogP contribution is -2.34. The van der Waals surface area contributed by atoms with Gasteiger partial charge in [0.2, 0.25) is 5.91 Å². The average molecular weight is 509 g/mol. The molecular formula is C29H28N6O3. The number of hydrogen-bond acceptors (Lipinski definition) is 6. The molecule has 0 saturated heterocycles. The number of fused-ring (bicyclic) bond motifs is 1. The van der Waals surface area contributed by atoms with Crippen molar-refractivity contribution >= 4 is 22.6 Å². The summed E-state index contributed by atoms with van der Waals surface area (Å²) in [6, 6.07) is 21.0. The van der Waals surface area contributed by atoms with Crippen LogP contribution in [0.5, 0.6) is 5.75 Å². The second-order valence-electron chi connectivity index (χ2n) is 8.81. The molecule has 0 spiro atoms. The monoisotopic (exact) mass is 508 g/mol. The topological polar surface area (TPSA) is 114 Å². The van der Waals surface area contributed by atoms with E-state index in [1.807, 2.05) is 66.7 Å². The fourth-order valence-electron chi connectivity index (χ4n) is 4.28. The molecule has 3 aromatic heterocycles. The molecule has 0 radical (unpaired) electrons. The van der Waals surface area contributed by atoms with Crippen molar-refractivity contribution in [3.8, 4) is 17.0 Å². The quantitative estimate of drug-likeness (QED) is 0.265. The molecule has 38 heavy (non-hydrogen) atoms. The first kappa shape index (κ1) is 24.8. The maximum absolute atomic E-state index is 13.5. The first-order valence-corrected chi connectivity index (χ1v) is 12.3. The van der Waals surface area contributed by atoms with E-state index < -0.39 is 0 Å². The largest absolute Gasteiger partial charge is 0.497 e. The van der Waals surface area contributed by atoms with Crippen LogP contribution >= 0.6 is 0 Å². The van der Waals surface area contributed by atoms with Crippen LogP contribution in [0.25, 0.3) is 22.2 Å². The van der Waals surface area contributed by atoms with E-state index in [1.54, 1.807) is 25.7 Å². The number of nitrogens with one attached hydrogen (secondary N) is 3. The predicted octanol–water partition coefficient (Wildman–Crippen LogP) is 3.77. The van der Waals surface area contributed by atoms with Crippen molar-refractivity contribution in [1.82, 2.24) is 24.8 Å². The van der Waals surface area contributed by atoms with Gasteiger partial charge in [-0.05, 0) is 41.8 Å². The van der Waals surface area contributed by atoms with Crippen LogP contribution in [-0.2, 0) is 24.3 Å². The average Bonchev–Trinajstić information content (AvgIpc) is 3.38. The van der Waals surface area contributed by atoms with Crippen molar-refractivity contribution < 1.29 is 9.53 Å². The lowest BCUT2D eigenvalue weighted by Gasteiger charge is -2.15. The van der Waals surface area contributed by atoms with Crippen LogP contribution in [0.3, 0.4) is 0 Å². The number of pyridine rings is 1. The zero-order chi connectivity index (χ0) is 26.3. The molecular weight excluding hydrogens is 480 g/mol. The summed E-state index contributed by atoms with van der Waals surface area (Å²) in [6.07, 6.45) is 5.79. The number of rotatable bonds is 10. The van der Waals surface area contributed by atoms with Crippen molar-refractivity contribution in [2.75, 3.05) is 19.0 Å². The third-order valence-corrected chi connectivity index (χ3v) is 6.22. The van der Waals surface area contributed by atoms with Gasteiger partial charge in [0.1, 0.15) is 12.3 Å². The molecule has 1 amide bonds. The molecule has 0 bridgehead atoms. The number of carbonyl (C=O) groups excluding carboxylic acids is 1. The van der Waals surface area contributed by atoms with E-state index in [1.165, 1.54) is 4.57 Å². The fraction of sp³-hybridized carbons (Fsp3) is 0.172. The Morgan fingerprint density at radius 2 is 1.92 bits per heavy atom. The first-order valence-electron chi connectivity index (χ1n) is 12.3. The Balaban J connectivity index is 1.32. The van der Waals surface area contributed by atoms with Crippen LogP contribution in [0.15, 0.2) is 90.1 Å². The van der Waals surface area contributed by atoms with E-state index in [0.29, 0.717) is 25.2 Å². The summed E-state index contributed by atoms with van der Waals surface area (Å²) in [6.45, 7) is 0.666. The molecule has 2 aromatic carbocycles. The number of nitrogens with zero attached hydrogens (tertiary/aromatic N) is 3. The van der Waals surface area contributed by atoms with E-state index in [9.17, 15) is 9.59 Å². The standard InChI is InChI=1S/C29H28N6O3/c1-38-24-9-5-6-20(14-24)10-13-31-28-29(37)35(26(18-33-28)21-7-3-2-4-8-21)19-27(36)32-17-23-15-22-16-30-12-11-25(22)34-23/h2-9,11-12,14-16,18,34H,10,13,17,19H2,1H3,(H,31,33)(H,32,36). The van der Waals surface area contributed by atoms with Gasteiger partial charge in [-0.3, -0.25) is 19.1 Å². The number of carbonyl (C=O) groups is 1. The summed E-state index contributed by atoms with van der Waals surface area (Å²) in [5.74, 6) is 0.698. The van der Waals surface area contributed by atoms with Crippen LogP contribution in [0.4, 0.5) is 5.82 Å². The summed E-state index contributed by atoms with van der Waals surface area (Å²) in [5, 5.41) is 7.01. The maximum atomic E-state index is 13.5. The van der Waals surface area contributed by atoms with Crippen LogP contribution in [0.2, 0.25) is 0 Å². The van der Waals surface area contributed by atoms with E-state index in [0.717, 1.165) is 33.5 Å². The molecule has 0 aliphatic heterocycles. The van der Waals surface area contributed by atoms with Crippen LogP contribution < -0.4 is 20.9 Å². The number of benzene rings is 2. The van der Waals surface area contributed by atoms with Gasteiger partial charge in [-0.25, -0.2) is 4.98 Å². The molecule has 5 aromatic rings. The molecule has 0 fully saturated rings. The van der Waals surface area contributed by atoms with Crippen molar-refractivity contribution in [2.24, 2.45) is 0 Å². The summed E-state index contributed by atoms with van der Waals surface area (Å²) in [5.41, 5.74) is 3.89. The zero-order valence-electron chi connectivity index (χ0n) is 21.0. The minimum Gasteiger partial charge on any atom is -0.497 e. The number of amides is 1. The lowest BCUT2D eigenvalue weighted by atomic mass is 10.1. The molecule has 0 saturated carbocycles. The highest BCUT2D eigenvalue weighted by Crippen LogP contribution is 2.18. The Morgan fingerprint density at radius 3 is 2.74 bits per heavy atom. The van der Waals surface area contributed by atoms with Gasteiger partial charge in [-0.1, -0.05) is 42.5 Å². The molecule has 0 aliphatic carbocycles. The minimum absolute atomic E-state index is 0.141. The van der Waals surface area contributed by atoms with Crippen LogP contribution in [0, 0.1) is 0 Å². The third-order valence-electron chi connectivity index (χ3n) is 6.22. The van der Waals surface area contributed by atoms with Crippen molar-refractivity contribution in [2.45, 2.75) is 19.5 Å². The smallest absolute Gasteiger partial charge is 0.294 e. The number of H-pyrrole nitrogens is 1. The normalized spacial score (nSPS) is 10.9. The number of methoxy groups -OCH3 is 1. The summed E-state index contributed by atoms with van der Waals surface area (Å²) >= 11 is 0. The second kappa shape index (κ2) is 11.4. The van der Waals surface area contributed by atoms with E-state index in [4.69, 9.17) is 4.74 Å². The predicted molar refractivity (Wildman–Crippen MR) is 147 cm³/mol. The number of anilines is 1. The Hall–Kier alpha value is -4.92. The third kappa shape index (κ3) is 5.73. The lowest BCUT2D eigenvalue weighted by molar-refractivity contribution is -0.121. The Kier molecular flexibility index (Phi) is 7.44. The Bertz CT molecular complexity index is 1580. The minimum atomic E-state index is -0.358. The van der Waals surface area contributed by atoms with Crippen molar-refractivity contribution in [3.63, 3.8) is 0 Å². The van der Waals surface area contributed by atoms with E-state index >= 15 is 0 Å². The van der Waals surface area contributed by atoms with Gasteiger partial charge >= 0.3 is 0 Å². The fourth-order valence-corrected chi connectivity index (χ4v) is 4.28. The zero-order valence-corrected chi connectivity index (χ0v) is 21.0. The van der Waals surface area contributed by atoms with Gasteiger partial charge < -0.3 is 20.4 Å². The summed E-state index contributed by atoms with van der Waals surface area (Å²) in [4.78, 5) is 38.2. The van der Waals surface area contributed by atoms with Gasteiger partial charge in [0.25, 0.3) is 5.56 Å². The highest BCUT2D eigenvalue weighted by molar-refractivity contribution is 5.80. The summed E-state index contributed by atoms with van der Waals surface area (Å²) < 4.78 is 6.74. The first-order chi connectivity index (χ1) is 18.6. The van der Waals surface area contributed by atoms with Crippen LogP contribution in [-0.4, -0.2) is 39.1 Å². The van der Waals surface area contributed by atoms with Gasteiger partial charge in [-0.15, -0.1) is 0 Å². The van der Waals surface area contributed by atoms with Crippen molar-refractivity contribution in [3.05, 3.63) is 107 Å². The molecule has 0 aliphatic rings. The molecule has 3 heterocycles. The molecule has 9 heteroatoms. The van der Waals surface area contributed by atoms with Gasteiger partial charge in [0.15, 0.2) is 5.82 Å². The van der Waals surface area contributed by atoms with Crippen LogP contribution in [0.1, 0.15) is 11.3 Å². The number of hydrogen-bond donors (Lipinski definition) is 3. The second-order valence-corrected chi connectivity index (χ2v) is 8.81. The van der Waals surface area contributed by atoms with Crippen molar-refractivity contribution in [1.29, 1.82) is 0 Å². The Morgan fingerprint density at radius 1 is 1.05 bits per heavy atom. The number of ether oxygens (including phenoxy) is 1. The molecule has 9 nitrogen and oxygen atoms in total. The molecule has 192 valence electrons. The molecule has 0 atom stereocenters. The van der Waals surface area contributed by atoms with E-state index in [-0.39, 0.29) is 23.8 Å². The summed E-state index contributed by atoms with van der Waals surface area (Å²) in [7, 11) is 1.63.